The molecule has 1 aromatic heterocycles. The van der Waals surface area contributed by atoms with Crippen molar-refractivity contribution in [3.8, 4) is 5.75 Å². The summed E-state index contributed by atoms with van der Waals surface area (Å²) in [5, 5.41) is 2.05. The normalized spacial score (nSPS) is 18.5. The number of aryl methyl sites for hydroxylation is 1. The number of rotatable bonds is 3. The number of thiophene rings is 1. The number of nitrogens with zero attached hydrogens (tertiary/aromatic N) is 1. The van der Waals surface area contributed by atoms with Crippen LogP contribution in [0.15, 0.2) is 35.7 Å². The van der Waals surface area contributed by atoms with Crippen molar-refractivity contribution >= 4 is 17.2 Å². The molecule has 0 spiro atoms. The van der Waals surface area contributed by atoms with Crippen molar-refractivity contribution in [2.24, 2.45) is 0 Å². The van der Waals surface area contributed by atoms with Crippen LogP contribution in [0.2, 0.25) is 0 Å². The number of carbonyl (C=O) groups excluding carboxylic acids is 1. The van der Waals surface area contributed by atoms with Crippen molar-refractivity contribution in [3.05, 3.63) is 51.7 Å². The minimum absolute atomic E-state index is 0.184. The van der Waals surface area contributed by atoms with Gasteiger partial charge in [0.15, 0.2) is 0 Å². The van der Waals surface area contributed by atoms with Crippen molar-refractivity contribution in [1.82, 2.24) is 4.90 Å². The Bertz CT molecular complexity index is 662. The fraction of sp³-hybridized carbons (Fsp3) is 0.421. The molecule has 0 saturated carbocycles. The van der Waals surface area contributed by atoms with E-state index in [9.17, 15) is 4.79 Å². The van der Waals surface area contributed by atoms with Crippen molar-refractivity contribution in [1.29, 1.82) is 0 Å². The van der Waals surface area contributed by atoms with Gasteiger partial charge >= 0.3 is 0 Å². The van der Waals surface area contributed by atoms with Crippen LogP contribution in [-0.2, 0) is 0 Å². The summed E-state index contributed by atoms with van der Waals surface area (Å²) in [4.78, 5) is 15.7. The first-order valence-electron chi connectivity index (χ1n) is 8.15. The average Bonchev–Trinajstić information content (AvgIpc) is 2.87. The largest absolute Gasteiger partial charge is 0.497 e. The van der Waals surface area contributed by atoms with Crippen LogP contribution in [0.25, 0.3) is 0 Å². The maximum absolute atomic E-state index is 12.8. The van der Waals surface area contributed by atoms with Gasteiger partial charge in [-0.1, -0.05) is 18.6 Å². The van der Waals surface area contributed by atoms with E-state index in [0.717, 1.165) is 36.6 Å². The van der Waals surface area contributed by atoms with E-state index in [2.05, 4.69) is 12.1 Å². The lowest BCUT2D eigenvalue weighted by Crippen LogP contribution is -2.33. The van der Waals surface area contributed by atoms with Crippen molar-refractivity contribution in [3.63, 3.8) is 0 Å². The molecule has 0 N–H and O–H groups in total. The minimum Gasteiger partial charge on any atom is -0.497 e. The van der Waals surface area contributed by atoms with Gasteiger partial charge in [-0.2, -0.15) is 0 Å². The maximum atomic E-state index is 12.8. The Hall–Kier alpha value is -1.81. The number of benzene rings is 1. The molecule has 2 aromatic rings. The van der Waals surface area contributed by atoms with Crippen LogP contribution in [-0.4, -0.2) is 31.0 Å². The molecule has 1 amide bonds. The number of amides is 1. The fourth-order valence-electron chi connectivity index (χ4n) is 3.17. The molecule has 1 aliphatic heterocycles. The number of hydrogen-bond acceptors (Lipinski definition) is 3. The number of likely N-dealkylation sites (tertiary alicyclic amines) is 1. The average molecular weight is 329 g/mol. The van der Waals surface area contributed by atoms with E-state index in [-0.39, 0.29) is 5.91 Å². The third-order valence-electron chi connectivity index (χ3n) is 4.49. The van der Waals surface area contributed by atoms with Gasteiger partial charge in [0.2, 0.25) is 0 Å². The lowest BCUT2D eigenvalue weighted by atomic mass is 9.94. The molecule has 122 valence electrons. The summed E-state index contributed by atoms with van der Waals surface area (Å²) < 4.78 is 5.24. The van der Waals surface area contributed by atoms with Crippen LogP contribution in [0.1, 0.15) is 46.0 Å². The Labute approximate surface area is 141 Å². The molecule has 4 heteroatoms. The lowest BCUT2D eigenvalue weighted by Gasteiger charge is -2.24. The number of carbonyl (C=O) groups is 1. The molecule has 1 saturated heterocycles. The van der Waals surface area contributed by atoms with E-state index in [1.54, 1.807) is 18.4 Å². The molecular weight excluding hydrogens is 306 g/mol. The van der Waals surface area contributed by atoms with E-state index in [4.69, 9.17) is 4.74 Å². The van der Waals surface area contributed by atoms with Crippen LogP contribution in [0.4, 0.5) is 0 Å². The highest BCUT2D eigenvalue weighted by Gasteiger charge is 2.24. The molecule has 3 rings (SSSR count). The van der Waals surface area contributed by atoms with Gasteiger partial charge in [0.1, 0.15) is 5.75 Å². The predicted molar refractivity (Wildman–Crippen MR) is 94.5 cm³/mol. The summed E-state index contributed by atoms with van der Waals surface area (Å²) >= 11 is 1.55. The van der Waals surface area contributed by atoms with Crippen molar-refractivity contribution in [2.75, 3.05) is 20.2 Å². The standard InChI is InChI=1S/C19H23NO2S/c1-14-11-18(23-13-14)19(21)20-10-4-3-5-16(12-20)15-6-8-17(22-2)9-7-15/h6-9,11,13,16H,3-5,10,12H2,1-2H3/t16-/m1/s1. The quantitative estimate of drug-likeness (QED) is 0.831. The first kappa shape index (κ1) is 16.1. The first-order chi connectivity index (χ1) is 11.2. The molecule has 0 radical (unpaired) electrons. The molecule has 1 aliphatic rings. The fourth-order valence-corrected chi connectivity index (χ4v) is 4.04. The molecule has 23 heavy (non-hydrogen) atoms. The van der Waals surface area contributed by atoms with Gasteiger partial charge in [-0.15, -0.1) is 11.3 Å². The Balaban J connectivity index is 1.76. The van der Waals surface area contributed by atoms with Crippen LogP contribution in [0.5, 0.6) is 5.75 Å². The highest BCUT2D eigenvalue weighted by Crippen LogP contribution is 2.29. The summed E-state index contributed by atoms with van der Waals surface area (Å²) in [7, 11) is 1.68. The summed E-state index contributed by atoms with van der Waals surface area (Å²) in [6.07, 6.45) is 3.40. The zero-order valence-electron chi connectivity index (χ0n) is 13.7. The minimum atomic E-state index is 0.184. The lowest BCUT2D eigenvalue weighted by molar-refractivity contribution is 0.0759. The second kappa shape index (κ2) is 7.18. The SMILES string of the molecule is COc1ccc([C@@H]2CCCCN(C(=O)c3cc(C)cs3)C2)cc1. The van der Waals surface area contributed by atoms with Crippen molar-refractivity contribution < 1.29 is 9.53 Å². The first-order valence-corrected chi connectivity index (χ1v) is 9.03. The van der Waals surface area contributed by atoms with Crippen LogP contribution in [0.3, 0.4) is 0 Å². The summed E-state index contributed by atoms with van der Waals surface area (Å²) in [5.74, 6) is 1.47. The predicted octanol–water partition coefficient (Wildman–Crippen LogP) is 4.48. The zero-order chi connectivity index (χ0) is 16.2. The smallest absolute Gasteiger partial charge is 0.263 e. The summed E-state index contributed by atoms with van der Waals surface area (Å²) in [6.45, 7) is 3.71. The van der Waals surface area contributed by atoms with E-state index in [0.29, 0.717) is 5.92 Å². The molecule has 1 atom stereocenters. The van der Waals surface area contributed by atoms with E-state index in [1.807, 2.05) is 35.4 Å². The molecule has 0 aliphatic carbocycles. The molecule has 1 fully saturated rings. The van der Waals surface area contributed by atoms with Crippen LogP contribution >= 0.6 is 11.3 Å². The third-order valence-corrected chi connectivity index (χ3v) is 5.52. The maximum Gasteiger partial charge on any atom is 0.263 e. The monoisotopic (exact) mass is 329 g/mol. The highest BCUT2D eigenvalue weighted by molar-refractivity contribution is 7.12. The Kier molecular flexibility index (Phi) is 5.01. The molecular formula is C19H23NO2S. The molecule has 2 heterocycles. The Morgan fingerprint density at radius 3 is 2.70 bits per heavy atom. The van der Waals surface area contributed by atoms with E-state index >= 15 is 0 Å². The topological polar surface area (TPSA) is 29.5 Å². The van der Waals surface area contributed by atoms with Crippen LogP contribution in [0, 0.1) is 6.92 Å². The van der Waals surface area contributed by atoms with Gasteiger partial charge in [-0.3, -0.25) is 4.79 Å². The van der Waals surface area contributed by atoms with Crippen LogP contribution < -0.4 is 4.74 Å². The van der Waals surface area contributed by atoms with E-state index < -0.39 is 0 Å². The van der Waals surface area contributed by atoms with Gasteiger partial charge in [0.25, 0.3) is 5.91 Å². The number of ether oxygens (including phenoxy) is 1. The summed E-state index contributed by atoms with van der Waals surface area (Å²) in [5.41, 5.74) is 2.47. The molecule has 3 nitrogen and oxygen atoms in total. The summed E-state index contributed by atoms with van der Waals surface area (Å²) in [6, 6.07) is 10.3. The molecule has 0 bridgehead atoms. The van der Waals surface area contributed by atoms with E-state index in [1.165, 1.54) is 17.5 Å². The molecule has 0 unspecified atom stereocenters. The third kappa shape index (κ3) is 3.75. The van der Waals surface area contributed by atoms with Gasteiger partial charge in [0, 0.05) is 19.0 Å². The van der Waals surface area contributed by atoms with Gasteiger partial charge in [0.05, 0.1) is 12.0 Å². The number of hydrogen-bond donors (Lipinski definition) is 0. The molecule has 1 aromatic carbocycles. The van der Waals surface area contributed by atoms with Gasteiger partial charge in [-0.25, -0.2) is 0 Å². The number of methoxy groups -OCH3 is 1. The Morgan fingerprint density at radius 2 is 2.04 bits per heavy atom. The zero-order valence-corrected chi connectivity index (χ0v) is 14.6. The Morgan fingerprint density at radius 1 is 1.26 bits per heavy atom. The van der Waals surface area contributed by atoms with Gasteiger partial charge in [-0.05, 0) is 54.5 Å². The van der Waals surface area contributed by atoms with Crippen molar-refractivity contribution in [2.45, 2.75) is 32.1 Å². The second-order valence-electron chi connectivity index (χ2n) is 6.21. The van der Waals surface area contributed by atoms with Gasteiger partial charge < -0.3 is 9.64 Å². The second-order valence-corrected chi connectivity index (χ2v) is 7.12. The highest BCUT2D eigenvalue weighted by atomic mass is 32.1.